The summed E-state index contributed by atoms with van der Waals surface area (Å²) in [6, 6.07) is 23.0. The monoisotopic (exact) mass is 435 g/mol. The molecule has 2 aromatic carbocycles. The number of fused-ring (bicyclic) bond motifs is 2. The molecule has 0 saturated heterocycles. The highest BCUT2D eigenvalue weighted by atomic mass is 19.1. The van der Waals surface area contributed by atoms with Crippen LogP contribution in [0.25, 0.3) is 28.1 Å². The summed E-state index contributed by atoms with van der Waals surface area (Å²) in [5.74, 6) is -0.259. The lowest BCUT2D eigenvalue weighted by Crippen LogP contribution is -2.16. The molecule has 3 aromatic rings. The van der Waals surface area contributed by atoms with Gasteiger partial charge in [-0.15, -0.1) is 0 Å². The average Bonchev–Trinajstić information content (AvgIpc) is 3.64. The van der Waals surface area contributed by atoms with E-state index in [1.165, 1.54) is 12.1 Å². The molecule has 33 heavy (non-hydrogen) atoms. The molecular weight excluding hydrogens is 413 g/mol. The van der Waals surface area contributed by atoms with E-state index in [9.17, 15) is 4.39 Å². The van der Waals surface area contributed by atoms with E-state index in [-0.39, 0.29) is 5.82 Å². The molecule has 0 bridgehead atoms. The lowest BCUT2D eigenvalue weighted by Gasteiger charge is -2.20. The van der Waals surface area contributed by atoms with E-state index in [0.29, 0.717) is 6.04 Å². The Kier molecular flexibility index (Phi) is 4.64. The van der Waals surface area contributed by atoms with Crippen LogP contribution in [0, 0.1) is 12.7 Å². The zero-order chi connectivity index (χ0) is 22.4. The van der Waals surface area contributed by atoms with Gasteiger partial charge in [0.2, 0.25) is 0 Å². The fraction of sp³-hybridized carbons (Fsp3) is 0.148. The Balaban J connectivity index is 1.64. The highest BCUT2D eigenvalue weighted by molar-refractivity contribution is 5.84. The van der Waals surface area contributed by atoms with Crippen molar-refractivity contribution in [3.8, 4) is 17.1 Å². The van der Waals surface area contributed by atoms with Crippen LogP contribution < -0.4 is 10.7 Å². The van der Waals surface area contributed by atoms with Gasteiger partial charge in [-0.25, -0.2) is 9.37 Å². The van der Waals surface area contributed by atoms with Crippen molar-refractivity contribution in [1.82, 2.24) is 14.5 Å². The van der Waals surface area contributed by atoms with Crippen molar-refractivity contribution in [2.75, 3.05) is 5.32 Å². The van der Waals surface area contributed by atoms with Gasteiger partial charge in [0.05, 0.1) is 50.9 Å². The maximum absolute atomic E-state index is 13.7. The van der Waals surface area contributed by atoms with E-state index in [2.05, 4.69) is 27.0 Å². The van der Waals surface area contributed by atoms with Crippen LogP contribution in [0.1, 0.15) is 18.5 Å². The summed E-state index contributed by atoms with van der Waals surface area (Å²) in [5, 5.41) is 4.42. The fourth-order valence-corrected chi connectivity index (χ4v) is 4.08. The van der Waals surface area contributed by atoms with Gasteiger partial charge in [-0.2, -0.15) is 0 Å². The molecule has 1 N–H and O–H groups in total. The maximum Gasteiger partial charge on any atom is 0.123 e. The zero-order valence-corrected chi connectivity index (χ0v) is 18.2. The summed E-state index contributed by atoms with van der Waals surface area (Å²) in [5.41, 5.74) is 7.21. The van der Waals surface area contributed by atoms with Crippen molar-refractivity contribution in [2.45, 2.75) is 25.8 Å². The van der Waals surface area contributed by atoms with Crippen molar-refractivity contribution >= 4 is 22.4 Å². The first kappa shape index (κ1) is 19.6. The van der Waals surface area contributed by atoms with Crippen LogP contribution in [0.5, 0.6) is 0 Å². The van der Waals surface area contributed by atoms with Crippen LogP contribution in [0.15, 0.2) is 84.0 Å². The highest BCUT2D eigenvalue weighted by Gasteiger charge is 2.22. The molecule has 0 radical (unpaired) electrons. The number of anilines is 2. The summed E-state index contributed by atoms with van der Waals surface area (Å²) < 4.78 is 15.8. The Labute approximate surface area is 190 Å². The number of pyridine rings is 1. The largest absolute Gasteiger partial charge is 0.352 e. The topological polar surface area (TPSA) is 55.1 Å². The van der Waals surface area contributed by atoms with E-state index >= 15 is 0 Å². The second-order valence-corrected chi connectivity index (χ2v) is 8.39. The van der Waals surface area contributed by atoms with Crippen LogP contribution >= 0.6 is 0 Å². The quantitative estimate of drug-likeness (QED) is 0.364. The number of halogens is 1. The minimum absolute atomic E-state index is 0.259. The van der Waals surface area contributed by atoms with Crippen LogP contribution in [-0.2, 0) is 0 Å². The van der Waals surface area contributed by atoms with Gasteiger partial charge < -0.3 is 9.88 Å². The molecule has 1 fully saturated rings. The van der Waals surface area contributed by atoms with Crippen LogP contribution in [0.4, 0.5) is 15.8 Å². The lowest BCUT2D eigenvalue weighted by molar-refractivity contribution is 0.627. The third-order valence-corrected chi connectivity index (χ3v) is 5.93. The summed E-state index contributed by atoms with van der Waals surface area (Å²) in [4.78, 5) is 14.3. The standard InChI is InChI=1S/C27H22FN5/c1-17-21(6-4-14-29-17)31-23-15-25-27(16-24(23)30-19-10-11-19)33(20-12-8-18(28)9-13-20)26-7-3-2-5-22(26)32-25/h2-9,12-16,19,31H,10-11H2,1H3/b30-24+. The molecule has 6 rings (SSSR count). The Morgan fingerprint density at radius 2 is 1.79 bits per heavy atom. The molecule has 1 aromatic heterocycles. The average molecular weight is 436 g/mol. The van der Waals surface area contributed by atoms with Crippen molar-refractivity contribution in [3.05, 3.63) is 95.9 Å². The van der Waals surface area contributed by atoms with E-state index in [4.69, 9.17) is 9.98 Å². The number of rotatable bonds is 4. The lowest BCUT2D eigenvalue weighted by atomic mass is 10.1. The van der Waals surface area contributed by atoms with Gasteiger partial charge >= 0.3 is 0 Å². The van der Waals surface area contributed by atoms with Crippen LogP contribution in [-0.4, -0.2) is 20.6 Å². The number of benzene rings is 3. The van der Waals surface area contributed by atoms with Crippen molar-refractivity contribution < 1.29 is 4.39 Å². The molecular formula is C27H22FN5. The zero-order valence-electron chi connectivity index (χ0n) is 18.2. The van der Waals surface area contributed by atoms with Gasteiger partial charge in [0, 0.05) is 11.9 Å². The molecule has 0 amide bonds. The molecule has 162 valence electrons. The summed E-state index contributed by atoms with van der Waals surface area (Å²) in [6.07, 6.45) is 4.00. The van der Waals surface area contributed by atoms with Crippen molar-refractivity contribution in [3.63, 3.8) is 0 Å². The van der Waals surface area contributed by atoms with E-state index in [1.54, 1.807) is 18.3 Å². The van der Waals surface area contributed by atoms with Gasteiger partial charge in [0.25, 0.3) is 0 Å². The first-order valence-corrected chi connectivity index (χ1v) is 11.1. The molecule has 2 heterocycles. The molecule has 6 heteroatoms. The molecule has 5 nitrogen and oxygen atoms in total. The van der Waals surface area contributed by atoms with Crippen LogP contribution in [0.2, 0.25) is 0 Å². The summed E-state index contributed by atoms with van der Waals surface area (Å²) in [6.45, 7) is 1.98. The van der Waals surface area contributed by atoms with Crippen LogP contribution in [0.3, 0.4) is 0 Å². The second kappa shape index (κ2) is 7.81. The number of hydrogen-bond donors (Lipinski definition) is 1. The maximum atomic E-state index is 13.7. The summed E-state index contributed by atoms with van der Waals surface area (Å²) >= 11 is 0. The SMILES string of the molecule is Cc1ncccc1Nc1cc2nc3ccccc3n(-c3ccc(F)cc3)c-2c/c1=N\C1CC1. The Morgan fingerprint density at radius 3 is 2.58 bits per heavy atom. The van der Waals surface area contributed by atoms with Gasteiger partial charge in [0.15, 0.2) is 0 Å². The number of nitrogens with one attached hydrogen (secondary N) is 1. The predicted molar refractivity (Wildman–Crippen MR) is 128 cm³/mol. The second-order valence-electron chi connectivity index (χ2n) is 8.39. The van der Waals surface area contributed by atoms with Gasteiger partial charge in [-0.1, -0.05) is 12.1 Å². The Morgan fingerprint density at radius 1 is 0.970 bits per heavy atom. The predicted octanol–water partition coefficient (Wildman–Crippen LogP) is 5.78. The van der Waals surface area contributed by atoms with Gasteiger partial charge in [0.1, 0.15) is 5.82 Å². The third-order valence-electron chi connectivity index (χ3n) is 5.93. The normalized spacial score (nSPS) is 14.2. The number of para-hydroxylation sites is 2. The fourth-order valence-electron chi connectivity index (χ4n) is 4.08. The molecule has 0 atom stereocenters. The molecule has 1 saturated carbocycles. The molecule has 0 spiro atoms. The highest BCUT2D eigenvalue weighted by Crippen LogP contribution is 2.31. The number of aromatic nitrogens is 3. The van der Waals surface area contributed by atoms with E-state index in [1.807, 2.05) is 43.3 Å². The third kappa shape index (κ3) is 3.74. The van der Waals surface area contributed by atoms with Crippen molar-refractivity contribution in [2.24, 2.45) is 4.99 Å². The smallest absolute Gasteiger partial charge is 0.123 e. The minimum atomic E-state index is -0.259. The number of hydrogen-bond acceptors (Lipinski definition) is 4. The molecule has 1 aliphatic heterocycles. The van der Waals surface area contributed by atoms with E-state index in [0.717, 1.165) is 63.4 Å². The molecule has 2 aliphatic carbocycles. The minimum Gasteiger partial charge on any atom is -0.352 e. The number of aryl methyl sites for hydroxylation is 1. The Bertz CT molecular complexity index is 1520. The van der Waals surface area contributed by atoms with Crippen molar-refractivity contribution in [1.29, 1.82) is 0 Å². The van der Waals surface area contributed by atoms with E-state index < -0.39 is 0 Å². The molecule has 3 aliphatic rings. The first-order chi connectivity index (χ1) is 16.2. The summed E-state index contributed by atoms with van der Waals surface area (Å²) in [7, 11) is 0. The first-order valence-electron chi connectivity index (χ1n) is 11.1. The van der Waals surface area contributed by atoms with Gasteiger partial charge in [-0.05, 0) is 80.4 Å². The number of nitrogens with zero attached hydrogens (tertiary/aromatic N) is 4. The molecule has 0 unspecified atom stereocenters. The Hall–Kier alpha value is -4.06. The van der Waals surface area contributed by atoms with Gasteiger partial charge in [-0.3, -0.25) is 9.98 Å².